The molecule has 0 fully saturated rings. The van der Waals surface area contributed by atoms with Crippen LogP contribution in [0.1, 0.15) is 31.8 Å². The molecule has 0 aliphatic carbocycles. The summed E-state index contributed by atoms with van der Waals surface area (Å²) in [6.07, 6.45) is 0. The normalized spacial score (nSPS) is 13.0. The molecule has 0 saturated heterocycles. The molecular formula is C24H21N3O2. The fraction of sp³-hybridized carbons (Fsp3) is 0.0833. The van der Waals surface area contributed by atoms with Crippen LogP contribution in [-0.4, -0.2) is 23.3 Å². The van der Waals surface area contributed by atoms with Gasteiger partial charge in [0.2, 0.25) is 0 Å². The Hall–Kier alpha value is -3.86. The van der Waals surface area contributed by atoms with Crippen molar-refractivity contribution in [3.8, 4) is 0 Å². The third kappa shape index (κ3) is 3.75. The molecule has 1 heterocycles. The molecule has 3 aromatic carbocycles. The number of para-hydroxylation sites is 2. The van der Waals surface area contributed by atoms with Crippen molar-refractivity contribution in [2.45, 2.75) is 6.54 Å². The largest absolute Gasteiger partial charge is 0.397 e. The summed E-state index contributed by atoms with van der Waals surface area (Å²) in [5, 5.41) is 2.78. The highest BCUT2D eigenvalue weighted by Gasteiger charge is 2.23. The van der Waals surface area contributed by atoms with Crippen LogP contribution in [0.15, 0.2) is 79.4 Å². The summed E-state index contributed by atoms with van der Waals surface area (Å²) in [5.74, 6) is -0.359. The van der Waals surface area contributed by atoms with Crippen LogP contribution in [-0.2, 0) is 6.54 Å². The van der Waals surface area contributed by atoms with Gasteiger partial charge < -0.3 is 16.0 Å². The van der Waals surface area contributed by atoms with Crippen molar-refractivity contribution in [1.29, 1.82) is 0 Å². The SMILES string of the molecule is C=C1CN(C(=O)c2ccc(C(=O)Nc3ccccc3N)cc2)Cc2ccccc21. The predicted octanol–water partition coefficient (Wildman–Crippen LogP) is 4.19. The van der Waals surface area contributed by atoms with Crippen molar-refractivity contribution < 1.29 is 9.59 Å². The van der Waals surface area contributed by atoms with Crippen LogP contribution in [0.2, 0.25) is 0 Å². The zero-order chi connectivity index (χ0) is 20.4. The van der Waals surface area contributed by atoms with Crippen LogP contribution in [0.4, 0.5) is 11.4 Å². The van der Waals surface area contributed by atoms with Crippen LogP contribution in [0.25, 0.3) is 5.57 Å². The molecule has 0 unspecified atom stereocenters. The molecule has 0 bridgehead atoms. The van der Waals surface area contributed by atoms with Gasteiger partial charge in [0.15, 0.2) is 0 Å². The van der Waals surface area contributed by atoms with Crippen molar-refractivity contribution in [2.75, 3.05) is 17.6 Å². The second kappa shape index (κ2) is 7.64. The summed E-state index contributed by atoms with van der Waals surface area (Å²) >= 11 is 0. The molecule has 3 aromatic rings. The molecule has 2 amide bonds. The Labute approximate surface area is 169 Å². The number of carbonyl (C=O) groups excluding carboxylic acids is 2. The van der Waals surface area contributed by atoms with Crippen molar-refractivity contribution in [3.05, 3.63) is 102 Å². The first kappa shape index (κ1) is 18.5. The number of benzene rings is 3. The number of amides is 2. The zero-order valence-corrected chi connectivity index (χ0v) is 15.9. The lowest BCUT2D eigenvalue weighted by Crippen LogP contribution is -2.35. The molecule has 144 valence electrons. The maximum Gasteiger partial charge on any atom is 0.255 e. The Balaban J connectivity index is 1.48. The van der Waals surface area contributed by atoms with Crippen molar-refractivity contribution in [2.24, 2.45) is 0 Å². The number of rotatable bonds is 3. The van der Waals surface area contributed by atoms with Gasteiger partial charge in [0, 0.05) is 24.2 Å². The first-order chi connectivity index (χ1) is 14.0. The molecule has 0 aromatic heterocycles. The molecule has 1 aliphatic heterocycles. The van der Waals surface area contributed by atoms with E-state index < -0.39 is 0 Å². The third-order valence-corrected chi connectivity index (χ3v) is 5.03. The van der Waals surface area contributed by atoms with Gasteiger partial charge in [-0.1, -0.05) is 43.0 Å². The third-order valence-electron chi connectivity index (χ3n) is 5.03. The number of hydrogen-bond donors (Lipinski definition) is 2. The predicted molar refractivity (Wildman–Crippen MR) is 115 cm³/mol. The lowest BCUT2D eigenvalue weighted by atomic mass is 9.95. The number of carbonyl (C=O) groups is 2. The summed E-state index contributed by atoms with van der Waals surface area (Å²) in [4.78, 5) is 27.2. The summed E-state index contributed by atoms with van der Waals surface area (Å²) in [6, 6.07) is 21.7. The number of nitrogen functional groups attached to an aromatic ring is 1. The number of anilines is 2. The van der Waals surface area contributed by atoms with Crippen LogP contribution < -0.4 is 11.1 Å². The molecule has 4 rings (SSSR count). The van der Waals surface area contributed by atoms with Crippen LogP contribution in [0.3, 0.4) is 0 Å². The first-order valence-corrected chi connectivity index (χ1v) is 9.34. The molecule has 0 radical (unpaired) electrons. The number of hydrogen-bond acceptors (Lipinski definition) is 3. The van der Waals surface area contributed by atoms with Gasteiger partial charge in [-0.25, -0.2) is 0 Å². The molecule has 0 atom stereocenters. The summed E-state index contributed by atoms with van der Waals surface area (Å²) in [5.41, 5.74) is 11.0. The van der Waals surface area contributed by atoms with E-state index >= 15 is 0 Å². The molecule has 0 saturated carbocycles. The van der Waals surface area contributed by atoms with Gasteiger partial charge in [-0.3, -0.25) is 9.59 Å². The monoisotopic (exact) mass is 383 g/mol. The molecule has 5 heteroatoms. The highest BCUT2D eigenvalue weighted by atomic mass is 16.2. The maximum absolute atomic E-state index is 12.9. The fourth-order valence-corrected chi connectivity index (χ4v) is 3.48. The van der Waals surface area contributed by atoms with E-state index in [0.29, 0.717) is 35.6 Å². The minimum atomic E-state index is -0.276. The summed E-state index contributed by atoms with van der Waals surface area (Å²) < 4.78 is 0. The number of fused-ring (bicyclic) bond motifs is 1. The lowest BCUT2D eigenvalue weighted by Gasteiger charge is -2.30. The summed E-state index contributed by atoms with van der Waals surface area (Å²) in [7, 11) is 0. The zero-order valence-electron chi connectivity index (χ0n) is 15.9. The van der Waals surface area contributed by atoms with Crippen LogP contribution in [0, 0.1) is 0 Å². The highest BCUT2D eigenvalue weighted by molar-refractivity contribution is 6.06. The topological polar surface area (TPSA) is 75.4 Å². The second-order valence-corrected chi connectivity index (χ2v) is 7.04. The smallest absolute Gasteiger partial charge is 0.255 e. The van der Waals surface area contributed by atoms with E-state index in [9.17, 15) is 9.59 Å². The standard InChI is InChI=1S/C24H21N3O2/c1-16-14-27(15-19-6-2-3-7-20(16)19)24(29)18-12-10-17(11-13-18)23(28)26-22-9-5-4-8-21(22)25/h2-13H,1,14-15,25H2,(H,26,28). The molecular weight excluding hydrogens is 362 g/mol. The van der Waals surface area contributed by atoms with Crippen molar-refractivity contribution in [3.63, 3.8) is 0 Å². The van der Waals surface area contributed by atoms with E-state index in [1.165, 1.54) is 0 Å². The van der Waals surface area contributed by atoms with Gasteiger partial charge in [0.05, 0.1) is 11.4 Å². The minimum Gasteiger partial charge on any atom is -0.397 e. The Morgan fingerprint density at radius 1 is 0.862 bits per heavy atom. The van der Waals surface area contributed by atoms with Gasteiger partial charge in [-0.05, 0) is 53.1 Å². The minimum absolute atomic E-state index is 0.0834. The Kier molecular flexibility index (Phi) is 4.87. The van der Waals surface area contributed by atoms with Gasteiger partial charge in [0.1, 0.15) is 0 Å². The van der Waals surface area contributed by atoms with Gasteiger partial charge in [-0.15, -0.1) is 0 Å². The first-order valence-electron chi connectivity index (χ1n) is 9.34. The molecule has 29 heavy (non-hydrogen) atoms. The molecule has 0 spiro atoms. The number of nitrogens with two attached hydrogens (primary N) is 1. The van der Waals surface area contributed by atoms with E-state index in [1.807, 2.05) is 24.3 Å². The van der Waals surface area contributed by atoms with E-state index in [4.69, 9.17) is 5.73 Å². The fourth-order valence-electron chi connectivity index (χ4n) is 3.48. The quantitative estimate of drug-likeness (QED) is 0.666. The van der Waals surface area contributed by atoms with Crippen molar-refractivity contribution in [1.82, 2.24) is 4.90 Å². The highest BCUT2D eigenvalue weighted by Crippen LogP contribution is 2.27. The second-order valence-electron chi connectivity index (χ2n) is 7.04. The molecule has 1 aliphatic rings. The van der Waals surface area contributed by atoms with E-state index in [-0.39, 0.29) is 11.8 Å². The van der Waals surface area contributed by atoms with Crippen molar-refractivity contribution >= 4 is 28.8 Å². The maximum atomic E-state index is 12.9. The van der Waals surface area contributed by atoms with E-state index in [1.54, 1.807) is 53.4 Å². The van der Waals surface area contributed by atoms with Gasteiger partial charge in [0.25, 0.3) is 11.8 Å². The van der Waals surface area contributed by atoms with Gasteiger partial charge in [-0.2, -0.15) is 0 Å². The van der Waals surface area contributed by atoms with E-state index in [2.05, 4.69) is 11.9 Å². The van der Waals surface area contributed by atoms with Crippen LogP contribution in [0.5, 0.6) is 0 Å². The van der Waals surface area contributed by atoms with Gasteiger partial charge >= 0.3 is 0 Å². The molecule has 5 nitrogen and oxygen atoms in total. The molecule has 3 N–H and O–H groups in total. The lowest BCUT2D eigenvalue weighted by molar-refractivity contribution is 0.0760. The average Bonchev–Trinajstić information content (AvgIpc) is 2.75. The number of nitrogens with zero attached hydrogens (tertiary/aromatic N) is 1. The Morgan fingerprint density at radius 3 is 2.28 bits per heavy atom. The Bertz CT molecular complexity index is 1100. The number of nitrogens with one attached hydrogen (secondary N) is 1. The average molecular weight is 383 g/mol. The summed E-state index contributed by atoms with van der Waals surface area (Å²) in [6.45, 7) is 5.15. The van der Waals surface area contributed by atoms with E-state index in [0.717, 1.165) is 16.7 Å². The van der Waals surface area contributed by atoms with Crippen LogP contribution >= 0.6 is 0 Å². The Morgan fingerprint density at radius 2 is 1.52 bits per heavy atom.